The second-order valence-corrected chi connectivity index (χ2v) is 9.60. The minimum atomic E-state index is -0.446. The van der Waals surface area contributed by atoms with Crippen LogP contribution in [0, 0.1) is 0 Å². The van der Waals surface area contributed by atoms with Crippen molar-refractivity contribution >= 4 is 62.3 Å². The van der Waals surface area contributed by atoms with E-state index in [0.29, 0.717) is 20.4 Å². The first kappa shape index (κ1) is 23.0. The molecule has 2 amide bonds. The smallest absolute Gasteiger partial charge is 0.288 e. The third-order valence-corrected chi connectivity index (χ3v) is 7.15. The van der Waals surface area contributed by atoms with E-state index in [1.165, 1.54) is 23.8 Å². The lowest BCUT2D eigenvalue weighted by Gasteiger charge is -2.15. The van der Waals surface area contributed by atoms with Gasteiger partial charge in [-0.3, -0.25) is 9.59 Å². The monoisotopic (exact) mass is 543 g/mol. The van der Waals surface area contributed by atoms with Crippen molar-refractivity contribution in [1.29, 1.82) is 0 Å². The Bertz CT molecular complexity index is 1290. The normalized spacial score (nSPS) is 11.1. The predicted molar refractivity (Wildman–Crippen MR) is 134 cm³/mol. The number of nitrogens with one attached hydrogen (secondary N) is 1. The zero-order valence-electron chi connectivity index (χ0n) is 17.3. The summed E-state index contributed by atoms with van der Waals surface area (Å²) in [5.41, 5.74) is 1.10. The molecule has 4 rings (SSSR count). The number of carbonyl (C=O) groups excluding carboxylic acids is 2. The number of hydrogen-bond donors (Lipinski definition) is 2. The van der Waals surface area contributed by atoms with Gasteiger partial charge in [-0.2, -0.15) is 10.1 Å². The lowest BCUT2D eigenvalue weighted by atomic mass is 10.2. The Kier molecular flexibility index (Phi) is 7.07. The molecule has 0 unspecified atom stereocenters. The molecule has 0 fully saturated rings. The van der Waals surface area contributed by atoms with Crippen LogP contribution >= 0.6 is 38.6 Å². The van der Waals surface area contributed by atoms with E-state index in [2.05, 4.69) is 26.3 Å². The first-order chi connectivity index (χ1) is 16.0. The van der Waals surface area contributed by atoms with Gasteiger partial charge in [0, 0.05) is 16.1 Å². The summed E-state index contributed by atoms with van der Waals surface area (Å²) in [5, 5.41) is 20.6. The first-order valence-corrected chi connectivity index (χ1v) is 12.3. The fraction of sp³-hybridized carbons (Fsp3) is 0.0870. The van der Waals surface area contributed by atoms with Crippen molar-refractivity contribution < 1.29 is 19.1 Å². The lowest BCUT2D eigenvalue weighted by molar-refractivity contribution is 0.0951. The van der Waals surface area contributed by atoms with E-state index < -0.39 is 5.91 Å². The molecule has 3 aromatic heterocycles. The van der Waals surface area contributed by atoms with Gasteiger partial charge in [-0.15, -0.1) is 22.7 Å². The maximum atomic E-state index is 13.2. The largest absolute Gasteiger partial charge is 0.504 e. The number of thiophene rings is 2. The van der Waals surface area contributed by atoms with Crippen LogP contribution in [0.15, 0.2) is 74.2 Å². The summed E-state index contributed by atoms with van der Waals surface area (Å²) in [6.07, 6.45) is 3.01. The van der Waals surface area contributed by atoms with Crippen molar-refractivity contribution in [3.05, 3.63) is 80.2 Å². The van der Waals surface area contributed by atoms with Crippen LogP contribution in [0.5, 0.6) is 5.75 Å². The molecule has 0 saturated carbocycles. The van der Waals surface area contributed by atoms with E-state index in [1.54, 1.807) is 36.6 Å². The van der Waals surface area contributed by atoms with Gasteiger partial charge in [-0.25, -0.2) is 0 Å². The maximum absolute atomic E-state index is 13.2. The van der Waals surface area contributed by atoms with E-state index in [0.717, 1.165) is 26.4 Å². The Hall–Kier alpha value is -3.21. The molecule has 2 N–H and O–H groups in total. The van der Waals surface area contributed by atoms with Gasteiger partial charge in [0.1, 0.15) is 11.4 Å². The fourth-order valence-electron chi connectivity index (χ4n) is 2.99. The molecule has 0 atom stereocenters. The highest BCUT2D eigenvalue weighted by Gasteiger charge is 2.25. The number of anilines is 1. The highest BCUT2D eigenvalue weighted by molar-refractivity contribution is 9.10. The first-order valence-electron chi connectivity index (χ1n) is 9.77. The number of nitrogens with zero attached hydrogens (tertiary/aromatic N) is 2. The summed E-state index contributed by atoms with van der Waals surface area (Å²) in [4.78, 5) is 27.0. The molecule has 0 radical (unpaired) electrons. The van der Waals surface area contributed by atoms with Crippen molar-refractivity contribution in [2.45, 2.75) is 13.5 Å². The molecule has 4 aromatic rings. The molecular formula is C23H18BrN3O4S2. The number of benzene rings is 1. The second kappa shape index (κ2) is 10.2. The van der Waals surface area contributed by atoms with Gasteiger partial charge in [0.05, 0.1) is 27.4 Å². The zero-order valence-corrected chi connectivity index (χ0v) is 20.5. The Morgan fingerprint density at radius 1 is 1.18 bits per heavy atom. The molecule has 1 aromatic carbocycles. The maximum Gasteiger partial charge on any atom is 0.288 e. The van der Waals surface area contributed by atoms with Crippen LogP contribution in [0.4, 0.5) is 5.69 Å². The van der Waals surface area contributed by atoms with Crippen molar-refractivity contribution in [1.82, 2.24) is 5.32 Å². The van der Waals surface area contributed by atoms with Gasteiger partial charge in [-0.1, -0.05) is 28.1 Å². The van der Waals surface area contributed by atoms with Crippen LogP contribution in [0.25, 0.3) is 10.4 Å². The molecule has 0 aliphatic rings. The average Bonchev–Trinajstić information content (AvgIpc) is 3.58. The number of halogens is 1. The number of amides is 2. The Balaban J connectivity index is 1.55. The van der Waals surface area contributed by atoms with Gasteiger partial charge in [0.15, 0.2) is 5.75 Å². The standard InChI is InChI=1S/C23H18BrN3O4S2/c1-2-26-27(17-13-32-21(20(17)28)14-5-7-15(24)8-6-14)23(30)19-10-9-18(33-19)22(29)25-12-16-4-3-11-31-16/h2-11,13,28H,12H2,1H3,(H,25,29). The Morgan fingerprint density at radius 3 is 2.64 bits per heavy atom. The number of aromatic hydroxyl groups is 1. The number of hydrazone groups is 1. The van der Waals surface area contributed by atoms with Gasteiger partial charge < -0.3 is 14.8 Å². The molecule has 0 bridgehead atoms. The minimum Gasteiger partial charge on any atom is -0.504 e. The van der Waals surface area contributed by atoms with E-state index in [4.69, 9.17) is 4.42 Å². The molecule has 0 spiro atoms. The van der Waals surface area contributed by atoms with Crippen molar-refractivity contribution in [3.8, 4) is 16.2 Å². The van der Waals surface area contributed by atoms with E-state index in [-0.39, 0.29) is 23.9 Å². The zero-order chi connectivity index (χ0) is 23.4. The SMILES string of the molecule is CC=NN(C(=O)c1ccc(C(=O)NCc2ccco2)s1)c1csc(-c2ccc(Br)cc2)c1O. The lowest BCUT2D eigenvalue weighted by Crippen LogP contribution is -2.24. The molecule has 0 saturated heterocycles. The summed E-state index contributed by atoms with van der Waals surface area (Å²) in [6, 6.07) is 14.2. The Labute approximate surface area is 206 Å². The van der Waals surface area contributed by atoms with E-state index in [1.807, 2.05) is 24.3 Å². The van der Waals surface area contributed by atoms with Crippen LogP contribution in [-0.2, 0) is 6.54 Å². The number of carbonyl (C=O) groups is 2. The minimum absolute atomic E-state index is 0.0331. The average molecular weight is 544 g/mol. The topological polar surface area (TPSA) is 95.1 Å². The summed E-state index contributed by atoms with van der Waals surface area (Å²) in [6.45, 7) is 1.93. The quantitative estimate of drug-likeness (QED) is 0.217. The third-order valence-electron chi connectivity index (χ3n) is 4.55. The third kappa shape index (κ3) is 5.08. The number of rotatable bonds is 7. The van der Waals surface area contributed by atoms with Crippen molar-refractivity contribution in [2.24, 2.45) is 5.10 Å². The van der Waals surface area contributed by atoms with Crippen LogP contribution in [-0.4, -0.2) is 23.1 Å². The van der Waals surface area contributed by atoms with Crippen LogP contribution < -0.4 is 10.3 Å². The summed E-state index contributed by atoms with van der Waals surface area (Å²) >= 11 is 5.77. The highest BCUT2D eigenvalue weighted by Crippen LogP contribution is 2.44. The van der Waals surface area contributed by atoms with Crippen LogP contribution in [0.3, 0.4) is 0 Å². The molecule has 10 heteroatoms. The fourth-order valence-corrected chi connectivity index (χ4v) is 5.03. The summed E-state index contributed by atoms with van der Waals surface area (Å²) in [5.74, 6) is -0.154. The van der Waals surface area contributed by atoms with Crippen LogP contribution in [0.1, 0.15) is 32.0 Å². The summed E-state index contributed by atoms with van der Waals surface area (Å²) < 4.78 is 6.14. The van der Waals surface area contributed by atoms with Gasteiger partial charge in [0.2, 0.25) is 0 Å². The molecular weight excluding hydrogens is 526 g/mol. The molecule has 3 heterocycles. The Morgan fingerprint density at radius 2 is 1.94 bits per heavy atom. The molecule has 33 heavy (non-hydrogen) atoms. The molecule has 0 aliphatic heterocycles. The number of furan rings is 1. The van der Waals surface area contributed by atoms with Crippen molar-refractivity contribution in [3.63, 3.8) is 0 Å². The molecule has 168 valence electrons. The molecule has 7 nitrogen and oxygen atoms in total. The number of hydrogen-bond acceptors (Lipinski definition) is 7. The highest BCUT2D eigenvalue weighted by atomic mass is 79.9. The van der Waals surface area contributed by atoms with E-state index >= 15 is 0 Å². The van der Waals surface area contributed by atoms with Gasteiger partial charge in [0.25, 0.3) is 11.8 Å². The van der Waals surface area contributed by atoms with Gasteiger partial charge in [-0.05, 0) is 48.9 Å². The second-order valence-electron chi connectivity index (χ2n) is 6.72. The molecule has 0 aliphatic carbocycles. The van der Waals surface area contributed by atoms with E-state index in [9.17, 15) is 14.7 Å². The summed E-state index contributed by atoms with van der Waals surface area (Å²) in [7, 11) is 0. The van der Waals surface area contributed by atoms with Crippen molar-refractivity contribution in [2.75, 3.05) is 5.01 Å². The van der Waals surface area contributed by atoms with Gasteiger partial charge >= 0.3 is 0 Å². The predicted octanol–water partition coefficient (Wildman–Crippen LogP) is 6.12. The van der Waals surface area contributed by atoms with Crippen LogP contribution in [0.2, 0.25) is 0 Å².